The van der Waals surface area contributed by atoms with E-state index in [4.69, 9.17) is 25.2 Å². The Hall–Kier alpha value is -1.19. The van der Waals surface area contributed by atoms with Crippen LogP contribution in [0.25, 0.3) is 6.08 Å². The lowest BCUT2D eigenvalue weighted by Crippen LogP contribution is -2.54. The van der Waals surface area contributed by atoms with E-state index in [-0.39, 0.29) is 34.8 Å². The number of aromatic nitrogens is 1. The first-order chi connectivity index (χ1) is 22.0. The van der Waals surface area contributed by atoms with Gasteiger partial charge in [-0.15, -0.1) is 11.3 Å². The molecule has 0 aromatic carbocycles. The van der Waals surface area contributed by atoms with Gasteiger partial charge >= 0.3 is 5.97 Å². The van der Waals surface area contributed by atoms with Gasteiger partial charge in [0.25, 0.3) is 0 Å². The van der Waals surface area contributed by atoms with E-state index in [1.807, 2.05) is 53.0 Å². The highest BCUT2D eigenvalue weighted by atomic mass is 35.5. The third-order valence-electron chi connectivity index (χ3n) is 10.5. The maximum absolute atomic E-state index is 14.5. The summed E-state index contributed by atoms with van der Waals surface area (Å²) >= 11 is 8.08. The van der Waals surface area contributed by atoms with Crippen LogP contribution in [0.15, 0.2) is 22.1 Å². The molecule has 0 saturated carbocycles. The van der Waals surface area contributed by atoms with Crippen molar-refractivity contribution in [2.45, 2.75) is 151 Å². The van der Waals surface area contributed by atoms with Gasteiger partial charge < -0.3 is 23.8 Å². The van der Waals surface area contributed by atoms with Crippen molar-refractivity contribution in [2.75, 3.05) is 13.2 Å². The summed E-state index contributed by atoms with van der Waals surface area (Å²) in [5.41, 5.74) is 0.548. The molecule has 0 saturated heterocycles. The lowest BCUT2D eigenvalue weighted by atomic mass is 9.73. The average Bonchev–Trinajstić information content (AvgIpc) is 3.35. The Morgan fingerprint density at radius 3 is 2.00 bits per heavy atom. The van der Waals surface area contributed by atoms with Crippen molar-refractivity contribution in [1.29, 1.82) is 0 Å². The van der Waals surface area contributed by atoms with Crippen LogP contribution in [0, 0.1) is 24.2 Å². The van der Waals surface area contributed by atoms with Gasteiger partial charge in [-0.3, -0.25) is 9.59 Å². The van der Waals surface area contributed by atoms with Crippen molar-refractivity contribution >= 4 is 57.4 Å². The van der Waals surface area contributed by atoms with E-state index < -0.39 is 52.2 Å². The molecule has 5 atom stereocenters. The maximum atomic E-state index is 14.5. The molecule has 2 N–H and O–H groups in total. The SMILES string of the molecule is C/C(=C\c1csc(C)n1)C(O)C/C=C(\Cl)COC[C@H](C)[C@H](O[Si](C)(C)C(C)(C)C)[C@@H](C)C(=O)C(C)(C)[C@H](CC(=O)O)O[Si](C)(C)C(C)(C)C. The highest BCUT2D eigenvalue weighted by Gasteiger charge is 2.50. The first kappa shape index (κ1) is 45.8. The molecule has 0 radical (unpaired) electrons. The number of hydrogen-bond acceptors (Lipinski definition) is 8. The van der Waals surface area contributed by atoms with Crippen LogP contribution in [0.4, 0.5) is 0 Å². The van der Waals surface area contributed by atoms with E-state index in [1.165, 1.54) is 0 Å². The minimum atomic E-state index is -2.40. The third-order valence-corrected chi connectivity index (χ3v) is 20.5. The molecule has 0 aliphatic heterocycles. The van der Waals surface area contributed by atoms with Crippen molar-refractivity contribution in [3.05, 3.63) is 32.8 Å². The van der Waals surface area contributed by atoms with Gasteiger partial charge in [-0.25, -0.2) is 4.98 Å². The van der Waals surface area contributed by atoms with E-state index in [9.17, 15) is 19.8 Å². The number of Topliss-reactive ketones (excluding diaryl/α,β-unsaturated/α-hetero) is 1. The lowest BCUT2D eigenvalue weighted by Gasteiger charge is -2.46. The van der Waals surface area contributed by atoms with E-state index >= 15 is 0 Å². The molecular formula is C37H66ClNO7SSi2. The topological polar surface area (TPSA) is 115 Å². The number of aliphatic carboxylic acids is 1. The Balaban J connectivity index is 3.20. The molecule has 0 fully saturated rings. The molecule has 8 nitrogen and oxygen atoms in total. The fourth-order valence-corrected chi connectivity index (χ4v) is 8.60. The van der Waals surface area contributed by atoms with Gasteiger partial charge in [-0.1, -0.05) is 86.9 Å². The molecule has 1 heterocycles. The molecule has 0 aliphatic carbocycles. The normalized spacial score (nSPS) is 17.4. The summed E-state index contributed by atoms with van der Waals surface area (Å²) < 4.78 is 19.7. The van der Waals surface area contributed by atoms with E-state index in [1.54, 1.807) is 17.4 Å². The molecule has 0 spiro atoms. The van der Waals surface area contributed by atoms with Crippen LogP contribution in [-0.4, -0.2) is 75.1 Å². The smallest absolute Gasteiger partial charge is 0.305 e. The summed E-state index contributed by atoms with van der Waals surface area (Å²) in [4.78, 5) is 31.0. The van der Waals surface area contributed by atoms with Crippen LogP contribution in [0.5, 0.6) is 0 Å². The van der Waals surface area contributed by atoms with Crippen molar-refractivity contribution < 1.29 is 33.4 Å². The van der Waals surface area contributed by atoms with E-state index in [0.717, 1.165) is 16.3 Å². The molecule has 1 aromatic rings. The van der Waals surface area contributed by atoms with E-state index in [0.29, 0.717) is 18.1 Å². The van der Waals surface area contributed by atoms with Crippen LogP contribution in [-0.2, 0) is 23.2 Å². The number of ketones is 1. The number of aliphatic hydroxyl groups is 1. The lowest BCUT2D eigenvalue weighted by molar-refractivity contribution is -0.146. The first-order valence-electron chi connectivity index (χ1n) is 17.4. The number of halogens is 1. The highest BCUT2D eigenvalue weighted by Crippen LogP contribution is 2.43. The molecule has 0 aliphatic rings. The van der Waals surface area contributed by atoms with Gasteiger partial charge in [0.15, 0.2) is 16.6 Å². The summed E-state index contributed by atoms with van der Waals surface area (Å²) in [5.74, 6) is -1.81. The predicted molar refractivity (Wildman–Crippen MR) is 209 cm³/mol. The Morgan fingerprint density at radius 2 is 1.53 bits per heavy atom. The van der Waals surface area contributed by atoms with Gasteiger partial charge in [0.2, 0.25) is 0 Å². The van der Waals surface area contributed by atoms with Crippen LogP contribution in [0.1, 0.15) is 99.7 Å². The fraction of sp³-hybridized carbons (Fsp3) is 0.757. The number of aryl methyl sites for hydroxylation is 1. The largest absolute Gasteiger partial charge is 0.481 e. The molecule has 0 bridgehead atoms. The zero-order valence-corrected chi connectivity index (χ0v) is 36.7. The standard InChI is InChI=1S/C37H66ClNO7SSi2/c1-24(19-29-23-47-27(4)39-29)30(40)18-17-28(38)22-44-21-25(2)33(46-49(15,16)36(8,9)10)26(3)34(43)37(11,12)31(20-32(41)42)45-48(13,14)35(5,6)7/h17,19,23,25-26,30-31,33,40H,18,20-22H2,1-16H3,(H,41,42)/b24-19+,28-17-/t25-,26+,30?,31-,33-/m0/s1. The molecular weight excluding hydrogens is 694 g/mol. The van der Waals surface area contributed by atoms with Crippen LogP contribution in [0.2, 0.25) is 36.3 Å². The Bertz CT molecular complexity index is 1310. The Kier molecular flexibility index (Phi) is 16.9. The zero-order valence-electron chi connectivity index (χ0n) is 33.1. The van der Waals surface area contributed by atoms with Gasteiger partial charge in [0.1, 0.15) is 5.78 Å². The molecule has 12 heteroatoms. The summed E-state index contributed by atoms with van der Waals surface area (Å²) in [6.07, 6.45) is 1.77. The summed E-state index contributed by atoms with van der Waals surface area (Å²) in [6.45, 7) is 33.1. The number of nitrogens with zero attached hydrogens (tertiary/aromatic N) is 1. The van der Waals surface area contributed by atoms with E-state index in [2.05, 4.69) is 72.7 Å². The third kappa shape index (κ3) is 13.7. The molecule has 1 aromatic heterocycles. The number of ether oxygens (including phenoxy) is 1. The monoisotopic (exact) mass is 759 g/mol. The van der Waals surface area contributed by atoms with Gasteiger partial charge in [0, 0.05) is 27.7 Å². The number of carbonyl (C=O) groups is 2. The summed E-state index contributed by atoms with van der Waals surface area (Å²) in [5, 5.41) is 23.7. The number of hydrogen-bond donors (Lipinski definition) is 2. The number of carbonyl (C=O) groups excluding carboxylic acids is 1. The minimum absolute atomic E-state index is 0.0869. The Morgan fingerprint density at radius 1 is 1.00 bits per heavy atom. The van der Waals surface area contributed by atoms with Crippen molar-refractivity contribution in [2.24, 2.45) is 17.3 Å². The second-order valence-electron chi connectivity index (χ2n) is 17.3. The molecule has 1 unspecified atom stereocenters. The maximum Gasteiger partial charge on any atom is 0.305 e. The molecule has 0 amide bonds. The summed E-state index contributed by atoms with van der Waals surface area (Å²) in [7, 11) is -4.74. The van der Waals surface area contributed by atoms with Gasteiger partial charge in [-0.2, -0.15) is 0 Å². The number of thiazole rings is 1. The molecule has 1 rings (SSSR count). The van der Waals surface area contributed by atoms with Gasteiger partial charge in [-0.05, 0) is 68.2 Å². The number of carboxylic acid groups (broad SMARTS) is 1. The predicted octanol–water partition coefficient (Wildman–Crippen LogP) is 9.87. The van der Waals surface area contributed by atoms with Gasteiger partial charge in [0.05, 0.1) is 48.6 Å². The number of rotatable bonds is 19. The van der Waals surface area contributed by atoms with Crippen LogP contribution >= 0.6 is 22.9 Å². The highest BCUT2D eigenvalue weighted by molar-refractivity contribution is 7.09. The quantitative estimate of drug-likeness (QED) is 0.134. The van der Waals surface area contributed by atoms with Crippen molar-refractivity contribution in [1.82, 2.24) is 4.98 Å². The average molecular weight is 761 g/mol. The second kappa shape index (κ2) is 18.0. The zero-order chi connectivity index (χ0) is 38.3. The number of aliphatic hydroxyl groups excluding tert-OH is 1. The second-order valence-corrected chi connectivity index (χ2v) is 28.3. The fourth-order valence-electron chi connectivity index (χ4n) is 4.96. The number of carboxylic acids is 1. The summed E-state index contributed by atoms with van der Waals surface area (Å²) in [6, 6.07) is 0. The first-order valence-corrected chi connectivity index (χ1v) is 24.4. The minimum Gasteiger partial charge on any atom is -0.481 e. The van der Waals surface area contributed by atoms with Crippen LogP contribution < -0.4 is 0 Å². The van der Waals surface area contributed by atoms with Crippen molar-refractivity contribution in [3.8, 4) is 0 Å². The Labute approximate surface area is 308 Å². The van der Waals surface area contributed by atoms with Crippen molar-refractivity contribution in [3.63, 3.8) is 0 Å². The van der Waals surface area contributed by atoms with Crippen LogP contribution in [0.3, 0.4) is 0 Å². The molecule has 49 heavy (non-hydrogen) atoms. The molecule has 282 valence electrons.